The average molecular weight is 274 g/mol. The van der Waals surface area contributed by atoms with Crippen molar-refractivity contribution >= 4 is 5.97 Å². The van der Waals surface area contributed by atoms with Crippen LogP contribution in [0, 0.1) is 0 Å². The second-order valence-electron chi connectivity index (χ2n) is 3.78. The minimum absolute atomic E-state index is 0.0119. The molecule has 106 valence electrons. The van der Waals surface area contributed by atoms with E-state index in [1.54, 1.807) is 13.0 Å². The van der Waals surface area contributed by atoms with Gasteiger partial charge in [0, 0.05) is 12.0 Å². The Hall–Kier alpha value is -1.69. The van der Waals surface area contributed by atoms with E-state index in [0.717, 1.165) is 0 Å². The normalized spacial score (nSPS) is 12.3. The number of alkyl halides is 2. The smallest absolute Gasteiger partial charge is 0.387 e. The Balaban J connectivity index is 2.65. The van der Waals surface area contributed by atoms with Crippen molar-refractivity contribution in [1.29, 1.82) is 0 Å². The first-order valence-electron chi connectivity index (χ1n) is 5.92. The Kier molecular flexibility index (Phi) is 6.21. The van der Waals surface area contributed by atoms with Crippen molar-refractivity contribution in [2.75, 3.05) is 6.61 Å². The number of ether oxygens (including phenoxy) is 2. The molecule has 0 radical (unpaired) electrons. The average Bonchev–Trinajstić information content (AvgIpc) is 2.36. The third-order valence-corrected chi connectivity index (χ3v) is 2.42. The summed E-state index contributed by atoms with van der Waals surface area (Å²) in [5, 5.41) is 9.90. The fourth-order valence-corrected chi connectivity index (χ4v) is 1.60. The van der Waals surface area contributed by atoms with Crippen LogP contribution in [0.5, 0.6) is 5.75 Å². The number of rotatable bonds is 7. The highest BCUT2D eigenvalue weighted by atomic mass is 19.3. The number of carbonyl (C=O) groups is 1. The number of halogens is 2. The van der Waals surface area contributed by atoms with Crippen molar-refractivity contribution in [2.45, 2.75) is 32.5 Å². The molecule has 0 fully saturated rings. The maximum absolute atomic E-state index is 12.2. The molecule has 0 aromatic heterocycles. The third kappa shape index (κ3) is 5.21. The summed E-state index contributed by atoms with van der Waals surface area (Å²) < 4.78 is 33.4. The summed E-state index contributed by atoms with van der Waals surface area (Å²) in [6.45, 7) is -1.02. The number of aliphatic hydroxyl groups is 1. The van der Waals surface area contributed by atoms with Gasteiger partial charge < -0.3 is 14.6 Å². The predicted octanol–water partition coefficient (Wildman–Crippen LogP) is 2.66. The molecule has 19 heavy (non-hydrogen) atoms. The van der Waals surface area contributed by atoms with Gasteiger partial charge in [-0.1, -0.05) is 18.2 Å². The predicted molar refractivity (Wildman–Crippen MR) is 63.9 cm³/mol. The minimum Gasteiger partial charge on any atom is -0.466 e. The van der Waals surface area contributed by atoms with Gasteiger partial charge in [0.1, 0.15) is 5.75 Å². The second-order valence-corrected chi connectivity index (χ2v) is 3.78. The molecule has 1 N–H and O–H groups in total. The molecular weight excluding hydrogens is 258 g/mol. The molecule has 0 heterocycles. The Morgan fingerprint density at radius 2 is 2.05 bits per heavy atom. The summed E-state index contributed by atoms with van der Waals surface area (Å²) in [6, 6.07) is 5.95. The van der Waals surface area contributed by atoms with E-state index in [4.69, 9.17) is 4.74 Å². The number of esters is 1. The van der Waals surface area contributed by atoms with E-state index in [9.17, 15) is 18.7 Å². The van der Waals surface area contributed by atoms with Gasteiger partial charge in [-0.2, -0.15) is 8.78 Å². The fraction of sp³-hybridized carbons (Fsp3) is 0.462. The summed E-state index contributed by atoms with van der Waals surface area (Å²) in [5.74, 6) is -0.525. The molecule has 0 aliphatic heterocycles. The molecule has 0 aliphatic carbocycles. The van der Waals surface area contributed by atoms with Crippen LogP contribution in [0.4, 0.5) is 8.78 Å². The van der Waals surface area contributed by atoms with E-state index >= 15 is 0 Å². The Morgan fingerprint density at radius 1 is 1.37 bits per heavy atom. The first-order chi connectivity index (χ1) is 9.04. The van der Waals surface area contributed by atoms with Gasteiger partial charge in [-0.25, -0.2) is 0 Å². The van der Waals surface area contributed by atoms with Gasteiger partial charge in [-0.05, 0) is 19.4 Å². The van der Waals surface area contributed by atoms with Crippen LogP contribution in [0.1, 0.15) is 31.4 Å². The third-order valence-electron chi connectivity index (χ3n) is 2.42. The number of para-hydroxylation sites is 1. The largest absolute Gasteiger partial charge is 0.466 e. The van der Waals surface area contributed by atoms with Gasteiger partial charge in [-0.15, -0.1) is 0 Å². The van der Waals surface area contributed by atoms with Crippen LogP contribution < -0.4 is 4.74 Å². The Morgan fingerprint density at radius 3 is 2.68 bits per heavy atom. The minimum atomic E-state index is -2.96. The maximum atomic E-state index is 12.2. The fourth-order valence-electron chi connectivity index (χ4n) is 1.60. The van der Waals surface area contributed by atoms with Crippen molar-refractivity contribution in [1.82, 2.24) is 0 Å². The number of benzene rings is 1. The lowest BCUT2D eigenvalue weighted by Gasteiger charge is -2.15. The first kappa shape index (κ1) is 15.4. The molecule has 1 rings (SSSR count). The molecule has 1 aromatic rings. The summed E-state index contributed by atoms with van der Waals surface area (Å²) in [4.78, 5) is 11.2. The topological polar surface area (TPSA) is 55.8 Å². The Labute approximate surface area is 109 Å². The van der Waals surface area contributed by atoms with Crippen molar-refractivity contribution < 1.29 is 28.2 Å². The molecule has 0 bridgehead atoms. The van der Waals surface area contributed by atoms with Crippen LogP contribution in [0.15, 0.2) is 24.3 Å². The van der Waals surface area contributed by atoms with Crippen LogP contribution in [-0.4, -0.2) is 24.3 Å². The SMILES string of the molecule is CCOC(=O)CCC(O)c1ccccc1OC(F)F. The molecule has 0 spiro atoms. The van der Waals surface area contributed by atoms with E-state index in [2.05, 4.69) is 4.74 Å². The standard InChI is InChI=1S/C13H16F2O4/c1-2-18-12(17)8-7-10(16)9-5-3-4-6-11(9)19-13(14)15/h3-6,10,13,16H,2,7-8H2,1H3. The van der Waals surface area contributed by atoms with E-state index < -0.39 is 18.7 Å². The molecule has 0 saturated heterocycles. The lowest BCUT2D eigenvalue weighted by molar-refractivity contribution is -0.143. The molecular formula is C13H16F2O4. The highest BCUT2D eigenvalue weighted by Crippen LogP contribution is 2.29. The summed E-state index contributed by atoms with van der Waals surface area (Å²) in [6.07, 6.45) is -0.958. The van der Waals surface area contributed by atoms with Crippen LogP contribution in [-0.2, 0) is 9.53 Å². The molecule has 1 unspecified atom stereocenters. The van der Waals surface area contributed by atoms with Gasteiger partial charge in [0.25, 0.3) is 0 Å². The van der Waals surface area contributed by atoms with Gasteiger partial charge in [0.15, 0.2) is 0 Å². The molecule has 0 aliphatic rings. The maximum Gasteiger partial charge on any atom is 0.387 e. The second kappa shape index (κ2) is 7.68. The monoisotopic (exact) mass is 274 g/mol. The van der Waals surface area contributed by atoms with Crippen LogP contribution in [0.3, 0.4) is 0 Å². The van der Waals surface area contributed by atoms with E-state index in [1.807, 2.05) is 0 Å². The summed E-state index contributed by atoms with van der Waals surface area (Å²) in [7, 11) is 0. The molecule has 6 heteroatoms. The zero-order valence-corrected chi connectivity index (χ0v) is 10.5. The van der Waals surface area contributed by atoms with Crippen molar-refractivity contribution in [3.8, 4) is 5.75 Å². The van der Waals surface area contributed by atoms with E-state index in [1.165, 1.54) is 18.2 Å². The van der Waals surface area contributed by atoms with Crippen molar-refractivity contribution in [3.05, 3.63) is 29.8 Å². The number of hydrogen-bond acceptors (Lipinski definition) is 4. The number of aliphatic hydroxyl groups excluding tert-OH is 1. The van der Waals surface area contributed by atoms with Gasteiger partial charge >= 0.3 is 12.6 Å². The van der Waals surface area contributed by atoms with Gasteiger partial charge in [0.05, 0.1) is 12.7 Å². The van der Waals surface area contributed by atoms with E-state index in [0.29, 0.717) is 0 Å². The van der Waals surface area contributed by atoms with Crippen LogP contribution in [0.25, 0.3) is 0 Å². The Bertz CT molecular complexity index is 409. The molecule has 0 saturated carbocycles. The molecule has 0 amide bonds. The zero-order valence-electron chi connectivity index (χ0n) is 10.5. The zero-order chi connectivity index (χ0) is 14.3. The van der Waals surface area contributed by atoms with Crippen LogP contribution >= 0.6 is 0 Å². The van der Waals surface area contributed by atoms with Crippen LogP contribution in [0.2, 0.25) is 0 Å². The quantitative estimate of drug-likeness (QED) is 0.777. The molecule has 4 nitrogen and oxygen atoms in total. The molecule has 1 aromatic carbocycles. The number of hydrogen-bond donors (Lipinski definition) is 1. The van der Waals surface area contributed by atoms with E-state index in [-0.39, 0.29) is 30.8 Å². The highest BCUT2D eigenvalue weighted by Gasteiger charge is 2.17. The molecule has 1 atom stereocenters. The lowest BCUT2D eigenvalue weighted by atomic mass is 10.0. The van der Waals surface area contributed by atoms with Gasteiger partial charge in [0.2, 0.25) is 0 Å². The highest BCUT2D eigenvalue weighted by molar-refractivity contribution is 5.69. The van der Waals surface area contributed by atoms with Crippen molar-refractivity contribution in [3.63, 3.8) is 0 Å². The lowest BCUT2D eigenvalue weighted by Crippen LogP contribution is -2.09. The first-order valence-corrected chi connectivity index (χ1v) is 5.92. The van der Waals surface area contributed by atoms with Crippen molar-refractivity contribution in [2.24, 2.45) is 0 Å². The summed E-state index contributed by atoms with van der Waals surface area (Å²) in [5.41, 5.74) is 0.229. The summed E-state index contributed by atoms with van der Waals surface area (Å²) >= 11 is 0. The van der Waals surface area contributed by atoms with Gasteiger partial charge in [-0.3, -0.25) is 4.79 Å². The number of carbonyl (C=O) groups excluding carboxylic acids is 1.